The molecule has 1 heterocycles. The molecule has 1 aliphatic heterocycles. The number of carbonyl (C=O) groups excluding carboxylic acids is 1. The molecule has 2 aliphatic rings. The second-order valence-corrected chi connectivity index (χ2v) is 6.84. The summed E-state index contributed by atoms with van der Waals surface area (Å²) in [5.41, 5.74) is 4.40. The molecular formula is C16H20ClF3N2O2. The number of nitrogens with one attached hydrogen (secondary N) is 1. The Bertz CT molecular complexity index is 648. The maximum Gasteiger partial charge on any atom is 0.245 e. The Morgan fingerprint density at radius 3 is 2.46 bits per heavy atom. The van der Waals surface area contributed by atoms with Gasteiger partial charge >= 0.3 is 0 Å². The average Bonchev–Trinajstić information content (AvgIpc) is 2.51. The minimum Gasteiger partial charge on any atom is -0.377 e. The molecule has 134 valence electrons. The highest BCUT2D eigenvalue weighted by Crippen LogP contribution is 2.57. The van der Waals surface area contributed by atoms with Crippen LogP contribution in [0, 0.1) is 28.8 Å². The number of ether oxygens (including phenoxy) is 1. The van der Waals surface area contributed by atoms with E-state index in [9.17, 15) is 18.0 Å². The minimum absolute atomic E-state index is 0. The van der Waals surface area contributed by atoms with Crippen molar-refractivity contribution in [1.82, 2.24) is 0 Å². The highest BCUT2D eigenvalue weighted by molar-refractivity contribution is 6.00. The van der Waals surface area contributed by atoms with Crippen LogP contribution in [-0.2, 0) is 9.53 Å². The normalized spacial score (nSPS) is 30.6. The maximum atomic E-state index is 13.3. The van der Waals surface area contributed by atoms with Crippen molar-refractivity contribution in [2.45, 2.75) is 38.3 Å². The Labute approximate surface area is 144 Å². The SMILES string of the molecule is CC1(C)C2OCCCC2C1(N)C(=O)Nc1cc(F)c(F)c(F)c1.Cl. The molecule has 2 fully saturated rings. The van der Waals surface area contributed by atoms with E-state index in [1.165, 1.54) is 0 Å². The van der Waals surface area contributed by atoms with Gasteiger partial charge in [0.15, 0.2) is 17.5 Å². The fourth-order valence-electron chi connectivity index (χ4n) is 3.90. The Kier molecular flexibility index (Phi) is 4.92. The molecule has 3 unspecified atom stereocenters. The highest BCUT2D eigenvalue weighted by atomic mass is 35.5. The van der Waals surface area contributed by atoms with Crippen LogP contribution in [0.15, 0.2) is 12.1 Å². The Balaban J connectivity index is 0.00000208. The van der Waals surface area contributed by atoms with Crippen LogP contribution < -0.4 is 11.1 Å². The molecule has 0 spiro atoms. The molecule has 3 atom stereocenters. The smallest absolute Gasteiger partial charge is 0.245 e. The van der Waals surface area contributed by atoms with Crippen molar-refractivity contribution in [2.24, 2.45) is 17.1 Å². The third kappa shape index (κ3) is 2.50. The van der Waals surface area contributed by atoms with E-state index in [1.54, 1.807) is 0 Å². The number of hydrogen-bond donors (Lipinski definition) is 2. The number of rotatable bonds is 2. The molecule has 1 aromatic rings. The monoisotopic (exact) mass is 364 g/mol. The lowest BCUT2D eigenvalue weighted by Crippen LogP contribution is -2.81. The van der Waals surface area contributed by atoms with Crippen LogP contribution in [0.1, 0.15) is 26.7 Å². The van der Waals surface area contributed by atoms with Gasteiger partial charge in [-0.1, -0.05) is 13.8 Å². The van der Waals surface area contributed by atoms with E-state index in [0.29, 0.717) is 6.61 Å². The van der Waals surface area contributed by atoms with Gasteiger partial charge in [-0.05, 0) is 12.8 Å². The summed E-state index contributed by atoms with van der Waals surface area (Å²) in [5, 5.41) is 2.42. The van der Waals surface area contributed by atoms with Crippen molar-refractivity contribution >= 4 is 24.0 Å². The molecule has 1 aromatic carbocycles. The lowest BCUT2D eigenvalue weighted by atomic mass is 9.46. The summed E-state index contributed by atoms with van der Waals surface area (Å²) in [6, 6.07) is 1.47. The fourth-order valence-corrected chi connectivity index (χ4v) is 3.90. The average molecular weight is 365 g/mol. The summed E-state index contributed by atoms with van der Waals surface area (Å²) in [7, 11) is 0. The van der Waals surface area contributed by atoms with Gasteiger partial charge in [0.25, 0.3) is 0 Å². The lowest BCUT2D eigenvalue weighted by Gasteiger charge is -2.65. The predicted octanol–water partition coefficient (Wildman–Crippen LogP) is 3.00. The van der Waals surface area contributed by atoms with Crippen LogP contribution in [0.25, 0.3) is 0 Å². The first-order valence-electron chi connectivity index (χ1n) is 7.56. The van der Waals surface area contributed by atoms with E-state index in [4.69, 9.17) is 10.5 Å². The van der Waals surface area contributed by atoms with Crippen LogP contribution in [0.5, 0.6) is 0 Å². The minimum atomic E-state index is -1.57. The Morgan fingerprint density at radius 2 is 1.88 bits per heavy atom. The maximum absolute atomic E-state index is 13.3. The number of fused-ring (bicyclic) bond motifs is 1. The molecule has 3 rings (SSSR count). The number of anilines is 1. The van der Waals surface area contributed by atoms with Crippen molar-refractivity contribution < 1.29 is 22.7 Å². The first kappa shape index (κ1) is 19.0. The van der Waals surface area contributed by atoms with Crippen molar-refractivity contribution in [3.05, 3.63) is 29.6 Å². The quantitative estimate of drug-likeness (QED) is 0.793. The first-order valence-corrected chi connectivity index (χ1v) is 7.56. The van der Waals surface area contributed by atoms with E-state index in [1.807, 2.05) is 13.8 Å². The molecule has 24 heavy (non-hydrogen) atoms. The van der Waals surface area contributed by atoms with Crippen LogP contribution in [0.4, 0.5) is 18.9 Å². The molecule has 0 bridgehead atoms. The summed E-state index contributed by atoms with van der Waals surface area (Å²) in [5.74, 6) is -4.99. The summed E-state index contributed by atoms with van der Waals surface area (Å²) < 4.78 is 45.3. The second-order valence-electron chi connectivity index (χ2n) is 6.84. The summed E-state index contributed by atoms with van der Waals surface area (Å²) in [6.45, 7) is 4.31. The number of nitrogens with two attached hydrogens (primary N) is 1. The molecular weight excluding hydrogens is 345 g/mol. The third-order valence-electron chi connectivity index (χ3n) is 5.30. The standard InChI is InChI=1S/C16H19F3N2O2.ClH/c1-15(2)13-9(4-3-5-23-13)16(15,20)14(22)21-8-6-10(17)12(19)11(18)7-8;/h6-7,9,13H,3-5,20H2,1-2H3,(H,21,22);1H. The van der Waals surface area contributed by atoms with Gasteiger partial charge in [0.2, 0.25) is 5.91 Å². The summed E-state index contributed by atoms with van der Waals surface area (Å²) >= 11 is 0. The largest absolute Gasteiger partial charge is 0.377 e. The first-order chi connectivity index (χ1) is 10.7. The number of hydrogen-bond acceptors (Lipinski definition) is 3. The van der Waals surface area contributed by atoms with Crippen LogP contribution in [-0.4, -0.2) is 24.2 Å². The van der Waals surface area contributed by atoms with Gasteiger partial charge in [-0.3, -0.25) is 4.79 Å². The summed E-state index contributed by atoms with van der Waals surface area (Å²) in [4.78, 5) is 12.7. The van der Waals surface area contributed by atoms with E-state index < -0.39 is 34.3 Å². The topological polar surface area (TPSA) is 64.3 Å². The fraction of sp³-hybridized carbons (Fsp3) is 0.562. The zero-order valence-electron chi connectivity index (χ0n) is 13.4. The number of halogens is 4. The van der Waals surface area contributed by atoms with Gasteiger partial charge in [-0.2, -0.15) is 0 Å². The molecule has 4 nitrogen and oxygen atoms in total. The van der Waals surface area contributed by atoms with Gasteiger partial charge in [0.05, 0.1) is 6.10 Å². The number of carbonyl (C=O) groups is 1. The van der Waals surface area contributed by atoms with E-state index in [-0.39, 0.29) is 30.1 Å². The molecule has 0 radical (unpaired) electrons. The third-order valence-corrected chi connectivity index (χ3v) is 5.30. The Hall–Kier alpha value is -1.31. The second kappa shape index (κ2) is 6.20. The van der Waals surface area contributed by atoms with E-state index in [2.05, 4.69) is 5.32 Å². The van der Waals surface area contributed by atoms with Gasteiger partial charge in [0, 0.05) is 35.8 Å². The zero-order valence-corrected chi connectivity index (χ0v) is 14.2. The van der Waals surface area contributed by atoms with Crippen molar-refractivity contribution in [2.75, 3.05) is 11.9 Å². The van der Waals surface area contributed by atoms with E-state index in [0.717, 1.165) is 25.0 Å². The number of amides is 1. The van der Waals surface area contributed by atoms with Crippen molar-refractivity contribution in [3.63, 3.8) is 0 Å². The molecule has 1 saturated carbocycles. The van der Waals surface area contributed by atoms with E-state index >= 15 is 0 Å². The van der Waals surface area contributed by atoms with Crippen LogP contribution in [0.3, 0.4) is 0 Å². The van der Waals surface area contributed by atoms with Crippen LogP contribution in [0.2, 0.25) is 0 Å². The molecule has 1 aliphatic carbocycles. The Morgan fingerprint density at radius 1 is 1.29 bits per heavy atom. The lowest BCUT2D eigenvalue weighted by molar-refractivity contribution is -0.222. The molecule has 3 N–H and O–H groups in total. The molecule has 0 aromatic heterocycles. The number of benzene rings is 1. The zero-order chi connectivity index (χ0) is 17.0. The van der Waals surface area contributed by atoms with Crippen LogP contribution >= 0.6 is 12.4 Å². The molecule has 1 saturated heterocycles. The van der Waals surface area contributed by atoms with Gasteiger partial charge < -0.3 is 15.8 Å². The van der Waals surface area contributed by atoms with Crippen molar-refractivity contribution in [3.8, 4) is 0 Å². The predicted molar refractivity (Wildman–Crippen MR) is 85.4 cm³/mol. The van der Waals surface area contributed by atoms with Gasteiger partial charge in [0.1, 0.15) is 5.54 Å². The molecule has 8 heteroatoms. The van der Waals surface area contributed by atoms with Gasteiger partial charge in [-0.25, -0.2) is 13.2 Å². The van der Waals surface area contributed by atoms with Crippen molar-refractivity contribution in [1.29, 1.82) is 0 Å². The van der Waals surface area contributed by atoms with Gasteiger partial charge in [-0.15, -0.1) is 12.4 Å². The highest BCUT2D eigenvalue weighted by Gasteiger charge is 2.70. The summed E-state index contributed by atoms with van der Waals surface area (Å²) in [6.07, 6.45) is 1.45. The molecule has 1 amide bonds.